The molecule has 172 valence electrons. The van der Waals surface area contributed by atoms with Gasteiger partial charge in [0.1, 0.15) is 0 Å². The number of H-pyrrole nitrogens is 1. The van der Waals surface area contributed by atoms with Gasteiger partial charge in [-0.25, -0.2) is 0 Å². The van der Waals surface area contributed by atoms with E-state index < -0.39 is 5.97 Å². The second-order valence-electron chi connectivity index (χ2n) is 9.13. The predicted molar refractivity (Wildman–Crippen MR) is 121 cm³/mol. The number of hydrogen-bond donors (Lipinski definition) is 1. The largest absolute Gasteiger partial charge is 0.466 e. The number of fused-ring (bicyclic) bond motifs is 9. The Balaban J connectivity index is 1.34. The number of thioether (sulfide) groups is 1. The molecule has 1 N–H and O–H groups in total. The third-order valence-corrected chi connectivity index (χ3v) is 10.3. The van der Waals surface area contributed by atoms with Crippen LogP contribution in [0.15, 0.2) is 34.3 Å². The number of hydrogen-bond acceptors (Lipinski definition) is 8. The summed E-state index contributed by atoms with van der Waals surface area (Å²) >= 11 is 2.91. The number of rotatable bonds is 5. The normalized spacial score (nSPS) is 33.7. The van der Waals surface area contributed by atoms with Crippen molar-refractivity contribution in [1.29, 1.82) is 0 Å². The summed E-state index contributed by atoms with van der Waals surface area (Å²) in [6.45, 7) is 2.09. The average molecular weight is 486 g/mol. The van der Waals surface area contributed by atoms with Gasteiger partial charge in [-0.3, -0.25) is 29.1 Å². The number of aromatic nitrogens is 2. The first-order valence-corrected chi connectivity index (χ1v) is 13.0. The van der Waals surface area contributed by atoms with Crippen molar-refractivity contribution in [3.63, 3.8) is 0 Å². The maximum absolute atomic E-state index is 13.4. The van der Waals surface area contributed by atoms with Gasteiger partial charge in [0.15, 0.2) is 0 Å². The lowest BCUT2D eigenvalue weighted by atomic mass is 9.68. The number of esters is 1. The number of carbonyl (C=O) groups excluding carboxylic acids is 3. The zero-order chi connectivity index (χ0) is 22.9. The van der Waals surface area contributed by atoms with Gasteiger partial charge in [-0.15, -0.1) is 11.8 Å². The third kappa shape index (κ3) is 3.06. The van der Waals surface area contributed by atoms with Crippen LogP contribution in [0.1, 0.15) is 36.1 Å². The minimum Gasteiger partial charge on any atom is -0.466 e. The Bertz CT molecular complexity index is 1190. The van der Waals surface area contributed by atoms with Crippen molar-refractivity contribution in [3.8, 4) is 0 Å². The van der Waals surface area contributed by atoms with Crippen LogP contribution in [0.2, 0.25) is 0 Å². The summed E-state index contributed by atoms with van der Waals surface area (Å²) in [6.07, 6.45) is 4.45. The lowest BCUT2D eigenvalue weighted by Gasteiger charge is -2.42. The zero-order valence-electron chi connectivity index (χ0n) is 17.9. The quantitative estimate of drug-likeness (QED) is 0.511. The number of pyridine rings is 1. The molecule has 0 unspecified atom stereocenters. The summed E-state index contributed by atoms with van der Waals surface area (Å²) in [5.74, 6) is -1.09. The fraction of sp³-hybridized carbons (Fsp3) is 0.522. The van der Waals surface area contributed by atoms with Gasteiger partial charge in [0.2, 0.25) is 11.8 Å². The third-order valence-electron chi connectivity index (χ3n) is 7.70. The summed E-state index contributed by atoms with van der Waals surface area (Å²) in [4.78, 5) is 60.3. The van der Waals surface area contributed by atoms with Crippen LogP contribution in [0.3, 0.4) is 0 Å². The smallest absolute Gasteiger partial charge is 0.307 e. The summed E-state index contributed by atoms with van der Waals surface area (Å²) in [5.41, 5.74) is 1.05. The van der Waals surface area contributed by atoms with Crippen LogP contribution in [0, 0.1) is 29.6 Å². The van der Waals surface area contributed by atoms with Crippen molar-refractivity contribution in [2.24, 2.45) is 29.6 Å². The average Bonchev–Trinajstić information content (AvgIpc) is 3.52. The molecule has 0 radical (unpaired) electrons. The predicted octanol–water partition coefficient (Wildman–Crippen LogP) is 2.26. The highest BCUT2D eigenvalue weighted by Gasteiger charge is 2.69. The first-order valence-electron chi connectivity index (χ1n) is 11.3. The summed E-state index contributed by atoms with van der Waals surface area (Å²) in [5, 5.41) is 1.04. The molecule has 10 heteroatoms. The van der Waals surface area contributed by atoms with E-state index >= 15 is 0 Å². The van der Waals surface area contributed by atoms with Gasteiger partial charge in [0.25, 0.3) is 0 Å². The number of imide groups is 1. The van der Waals surface area contributed by atoms with E-state index in [9.17, 15) is 19.2 Å². The Morgan fingerprint density at radius 1 is 1.24 bits per heavy atom. The molecule has 3 fully saturated rings. The van der Waals surface area contributed by atoms with E-state index in [1.807, 2.05) is 18.3 Å². The van der Waals surface area contributed by atoms with E-state index in [0.29, 0.717) is 0 Å². The number of likely N-dealkylation sites (tertiary alicyclic amines) is 1. The van der Waals surface area contributed by atoms with Crippen molar-refractivity contribution in [3.05, 3.63) is 44.6 Å². The van der Waals surface area contributed by atoms with Crippen LogP contribution in [-0.2, 0) is 19.1 Å². The van der Waals surface area contributed by atoms with Crippen molar-refractivity contribution >= 4 is 40.9 Å². The van der Waals surface area contributed by atoms with Crippen molar-refractivity contribution in [2.75, 3.05) is 13.2 Å². The Kier molecular flexibility index (Phi) is 4.99. The van der Waals surface area contributed by atoms with E-state index in [2.05, 4.69) is 9.97 Å². The second-order valence-corrected chi connectivity index (χ2v) is 11.3. The highest BCUT2D eigenvalue weighted by atomic mass is 32.2. The molecule has 0 aromatic carbocycles. The molecule has 7 atom stereocenters. The topological polar surface area (TPSA) is 109 Å². The molecule has 2 aromatic rings. The SMILES string of the molecule is CCOC(=O)CCN1C(=O)[C@H]2[C@@H]3C[C@@H]([C@@H]2C1=O)[C@H]1[C@@H](c2cccnc2)c2sc(=O)[nH]c2S[C@H]31. The fourth-order valence-corrected chi connectivity index (χ4v) is 9.56. The first kappa shape index (κ1) is 21.1. The Hall–Kier alpha value is -2.46. The van der Waals surface area contributed by atoms with E-state index in [0.717, 1.165) is 21.9 Å². The minimum atomic E-state index is -0.396. The molecule has 2 aliphatic heterocycles. The first-order chi connectivity index (χ1) is 16.0. The maximum Gasteiger partial charge on any atom is 0.307 e. The van der Waals surface area contributed by atoms with E-state index in [1.54, 1.807) is 24.9 Å². The zero-order valence-corrected chi connectivity index (χ0v) is 19.6. The van der Waals surface area contributed by atoms with E-state index in [1.165, 1.54) is 16.2 Å². The number of thiazole rings is 1. The van der Waals surface area contributed by atoms with Crippen LogP contribution in [0.25, 0.3) is 0 Å². The monoisotopic (exact) mass is 485 g/mol. The lowest BCUT2D eigenvalue weighted by Crippen LogP contribution is -2.42. The van der Waals surface area contributed by atoms with E-state index in [-0.39, 0.29) is 77.0 Å². The molecule has 6 rings (SSSR count). The summed E-state index contributed by atoms with van der Waals surface area (Å²) in [6, 6.07) is 3.94. The molecule has 4 aliphatic rings. The molecule has 8 nitrogen and oxygen atoms in total. The molecule has 0 spiro atoms. The minimum absolute atomic E-state index is 0.0173. The van der Waals surface area contributed by atoms with Crippen LogP contribution in [-0.4, -0.2) is 51.1 Å². The van der Waals surface area contributed by atoms with Crippen LogP contribution in [0.5, 0.6) is 0 Å². The highest BCUT2D eigenvalue weighted by molar-refractivity contribution is 8.00. The molecular weight excluding hydrogens is 462 g/mol. The van der Waals surface area contributed by atoms with Gasteiger partial charge in [-0.05, 0) is 42.7 Å². The number of carbonyl (C=O) groups is 3. The Morgan fingerprint density at radius 2 is 2.03 bits per heavy atom. The van der Waals surface area contributed by atoms with Crippen LogP contribution in [0.4, 0.5) is 0 Å². The number of amides is 2. The number of aromatic amines is 1. The van der Waals surface area contributed by atoms with Gasteiger partial charge in [-0.1, -0.05) is 17.4 Å². The Labute approximate surface area is 198 Å². The molecule has 1 saturated heterocycles. The maximum atomic E-state index is 13.4. The van der Waals surface area contributed by atoms with Crippen LogP contribution < -0.4 is 4.87 Å². The number of ether oxygens (including phenoxy) is 1. The van der Waals surface area contributed by atoms with Gasteiger partial charge in [-0.2, -0.15) is 0 Å². The molecule has 2 amide bonds. The molecule has 2 saturated carbocycles. The van der Waals surface area contributed by atoms with Crippen molar-refractivity contribution < 1.29 is 19.1 Å². The number of nitrogens with zero attached hydrogens (tertiary/aromatic N) is 2. The summed E-state index contributed by atoms with van der Waals surface area (Å²) in [7, 11) is 0. The highest BCUT2D eigenvalue weighted by Crippen LogP contribution is 2.68. The van der Waals surface area contributed by atoms with Gasteiger partial charge < -0.3 is 9.72 Å². The van der Waals surface area contributed by atoms with Crippen LogP contribution >= 0.6 is 23.1 Å². The standard InChI is InChI=1S/C23H23N3O5S2/c1-2-31-13(27)5-7-26-21(28)16-11-8-12(17(16)22(26)29)18-15(11)14(10-4-3-6-24-9-10)19-20(32-18)25-23(30)33-19/h3-4,6,9,11-12,14-18H,2,5,7-8H2,1H3,(H,25,30)/t11-,12+,14-,15+,16+,17+,18-/m1/s1. The summed E-state index contributed by atoms with van der Waals surface area (Å²) < 4.78 is 4.97. The van der Waals surface area contributed by atoms with Crippen molar-refractivity contribution in [1.82, 2.24) is 14.9 Å². The lowest BCUT2D eigenvalue weighted by molar-refractivity contribution is -0.145. The van der Waals surface area contributed by atoms with Gasteiger partial charge >= 0.3 is 10.8 Å². The molecule has 33 heavy (non-hydrogen) atoms. The van der Waals surface area contributed by atoms with Gasteiger partial charge in [0.05, 0.1) is 29.9 Å². The fourth-order valence-electron chi connectivity index (χ4n) is 6.67. The van der Waals surface area contributed by atoms with Gasteiger partial charge in [0, 0.05) is 35.0 Å². The molecule has 2 bridgehead atoms. The second kappa shape index (κ2) is 7.80. The molecular formula is C23H23N3O5S2. The van der Waals surface area contributed by atoms with Crippen molar-refractivity contribution in [2.45, 2.75) is 36.0 Å². The van der Waals surface area contributed by atoms with E-state index in [4.69, 9.17) is 4.74 Å². The molecule has 2 aliphatic carbocycles. The number of nitrogens with one attached hydrogen (secondary N) is 1. The molecule has 2 aromatic heterocycles. The molecule has 4 heterocycles. The Morgan fingerprint density at radius 3 is 2.76 bits per heavy atom.